The summed E-state index contributed by atoms with van der Waals surface area (Å²) in [4.78, 5) is 21.4. The van der Waals surface area contributed by atoms with Crippen LogP contribution in [0.5, 0.6) is 0 Å². The number of hydrogen-bond acceptors (Lipinski definition) is 3. The summed E-state index contributed by atoms with van der Waals surface area (Å²) < 4.78 is 5.36. The minimum Gasteiger partial charge on any atom is -0.468 e. The standard InChI is InChI=1S/C26H21ClN2O2/c1-31-25(30)26(16-29-24-12-11-19(27)14-22(24)26)21(17-7-3-2-4-8-17)13-18-15-28-23-10-6-5-9-20(18)23/h2-12,14-16,21,28H,13H2,1H3. The molecule has 0 fully saturated rings. The van der Waals surface area contributed by atoms with Gasteiger partial charge in [-0.1, -0.05) is 60.1 Å². The van der Waals surface area contributed by atoms with E-state index in [-0.39, 0.29) is 11.9 Å². The van der Waals surface area contributed by atoms with Gasteiger partial charge in [-0.2, -0.15) is 0 Å². The van der Waals surface area contributed by atoms with E-state index < -0.39 is 5.41 Å². The van der Waals surface area contributed by atoms with E-state index in [0.29, 0.717) is 11.4 Å². The predicted octanol–water partition coefficient (Wildman–Crippen LogP) is 5.97. The molecule has 4 nitrogen and oxygen atoms in total. The van der Waals surface area contributed by atoms with Crippen LogP contribution in [0, 0.1) is 0 Å². The maximum Gasteiger partial charge on any atom is 0.322 e. The van der Waals surface area contributed by atoms with Crippen molar-refractivity contribution in [2.24, 2.45) is 4.99 Å². The first-order valence-corrected chi connectivity index (χ1v) is 10.5. The number of hydrogen-bond donors (Lipinski definition) is 1. The first-order chi connectivity index (χ1) is 15.1. The average Bonchev–Trinajstić information content (AvgIpc) is 3.39. The zero-order valence-electron chi connectivity index (χ0n) is 17.0. The van der Waals surface area contributed by atoms with E-state index >= 15 is 0 Å². The number of aliphatic imine (C=N–C) groups is 1. The van der Waals surface area contributed by atoms with Crippen LogP contribution in [0.3, 0.4) is 0 Å². The van der Waals surface area contributed by atoms with E-state index in [2.05, 4.69) is 34.2 Å². The number of fused-ring (bicyclic) bond motifs is 2. The van der Waals surface area contributed by atoms with Crippen molar-refractivity contribution in [3.63, 3.8) is 0 Å². The third-order valence-electron chi connectivity index (χ3n) is 6.19. The Labute approximate surface area is 185 Å². The summed E-state index contributed by atoms with van der Waals surface area (Å²) in [6.45, 7) is 0. The van der Waals surface area contributed by atoms with Crippen LogP contribution in [0.25, 0.3) is 10.9 Å². The third-order valence-corrected chi connectivity index (χ3v) is 6.42. The molecule has 1 aliphatic rings. The Bertz CT molecular complexity index is 1300. The molecule has 0 spiro atoms. The lowest BCUT2D eigenvalue weighted by molar-refractivity contribution is -0.145. The molecule has 0 saturated carbocycles. The number of aromatic amines is 1. The highest BCUT2D eigenvalue weighted by Gasteiger charge is 2.51. The van der Waals surface area contributed by atoms with Crippen molar-refractivity contribution in [2.75, 3.05) is 7.11 Å². The van der Waals surface area contributed by atoms with Gasteiger partial charge in [-0.05, 0) is 41.8 Å². The molecule has 5 heteroatoms. The van der Waals surface area contributed by atoms with Crippen LogP contribution in [0.4, 0.5) is 5.69 Å². The molecule has 0 radical (unpaired) electrons. The molecule has 1 aliphatic heterocycles. The molecule has 154 valence electrons. The van der Waals surface area contributed by atoms with E-state index in [1.165, 1.54) is 7.11 Å². The van der Waals surface area contributed by atoms with Crippen LogP contribution in [0.2, 0.25) is 5.02 Å². The molecule has 5 rings (SSSR count). The van der Waals surface area contributed by atoms with Crippen LogP contribution in [-0.2, 0) is 21.4 Å². The molecule has 2 unspecified atom stereocenters. The topological polar surface area (TPSA) is 54.5 Å². The lowest BCUT2D eigenvalue weighted by Gasteiger charge is -2.34. The highest BCUT2D eigenvalue weighted by molar-refractivity contribution is 6.31. The first-order valence-electron chi connectivity index (χ1n) is 10.2. The highest BCUT2D eigenvalue weighted by atomic mass is 35.5. The van der Waals surface area contributed by atoms with Gasteiger partial charge >= 0.3 is 5.97 Å². The van der Waals surface area contributed by atoms with Gasteiger partial charge in [0.2, 0.25) is 0 Å². The summed E-state index contributed by atoms with van der Waals surface area (Å²) in [7, 11) is 1.42. The average molecular weight is 429 g/mol. The summed E-state index contributed by atoms with van der Waals surface area (Å²) in [5.41, 5.74) is 3.69. The highest BCUT2D eigenvalue weighted by Crippen LogP contribution is 2.49. The maximum atomic E-state index is 13.5. The van der Waals surface area contributed by atoms with E-state index in [1.807, 2.05) is 48.7 Å². The fraction of sp³-hybridized carbons (Fsp3) is 0.154. The molecule has 4 aromatic rings. The van der Waals surface area contributed by atoms with Crippen molar-refractivity contribution in [1.29, 1.82) is 0 Å². The smallest absolute Gasteiger partial charge is 0.322 e. The van der Waals surface area contributed by atoms with Crippen LogP contribution in [-0.4, -0.2) is 24.3 Å². The number of halogens is 1. The second-order valence-corrected chi connectivity index (χ2v) is 8.24. The van der Waals surface area contributed by atoms with Gasteiger partial charge in [0, 0.05) is 39.8 Å². The van der Waals surface area contributed by atoms with Gasteiger partial charge < -0.3 is 9.72 Å². The number of carbonyl (C=O) groups is 1. The Hall–Kier alpha value is -3.37. The maximum absolute atomic E-state index is 13.5. The summed E-state index contributed by atoms with van der Waals surface area (Å²) in [6.07, 6.45) is 4.39. The van der Waals surface area contributed by atoms with Gasteiger partial charge in [0.1, 0.15) is 5.41 Å². The SMILES string of the molecule is COC(=O)C1(C(Cc2c[nH]c3ccccc23)c2ccccc2)C=Nc2ccc(Cl)cc21. The normalized spacial score (nSPS) is 18.1. The fourth-order valence-electron chi connectivity index (χ4n) is 4.69. The lowest BCUT2D eigenvalue weighted by atomic mass is 9.66. The molecule has 2 heterocycles. The van der Waals surface area contributed by atoms with E-state index in [1.54, 1.807) is 12.3 Å². The molecule has 0 amide bonds. The minimum atomic E-state index is -1.07. The molecule has 1 N–H and O–H groups in total. The number of esters is 1. The van der Waals surface area contributed by atoms with Crippen molar-refractivity contribution >= 4 is 40.4 Å². The van der Waals surface area contributed by atoms with Gasteiger partial charge in [-0.25, -0.2) is 0 Å². The quantitative estimate of drug-likeness (QED) is 0.398. The third kappa shape index (κ3) is 3.15. The molecule has 0 aliphatic carbocycles. The molecule has 0 bridgehead atoms. The van der Waals surface area contributed by atoms with Crippen molar-refractivity contribution < 1.29 is 9.53 Å². The van der Waals surface area contributed by atoms with Crippen molar-refractivity contribution in [3.8, 4) is 0 Å². The van der Waals surface area contributed by atoms with Crippen LogP contribution < -0.4 is 0 Å². The Morgan fingerprint density at radius 2 is 1.87 bits per heavy atom. The molecule has 0 saturated heterocycles. The molecular weight excluding hydrogens is 408 g/mol. The Balaban J connectivity index is 1.73. The van der Waals surface area contributed by atoms with Gasteiger partial charge in [-0.3, -0.25) is 9.79 Å². The number of H-pyrrole nitrogens is 1. The van der Waals surface area contributed by atoms with Crippen molar-refractivity contribution in [3.05, 3.63) is 101 Å². The number of rotatable bonds is 5. The van der Waals surface area contributed by atoms with Crippen molar-refractivity contribution in [1.82, 2.24) is 4.98 Å². The Morgan fingerprint density at radius 3 is 2.68 bits per heavy atom. The zero-order valence-corrected chi connectivity index (χ0v) is 17.8. The number of methoxy groups -OCH3 is 1. The van der Waals surface area contributed by atoms with E-state index in [9.17, 15) is 4.79 Å². The van der Waals surface area contributed by atoms with Crippen LogP contribution >= 0.6 is 11.6 Å². The van der Waals surface area contributed by atoms with Gasteiger partial charge in [-0.15, -0.1) is 0 Å². The van der Waals surface area contributed by atoms with E-state index in [4.69, 9.17) is 16.3 Å². The number of carbonyl (C=O) groups excluding carboxylic acids is 1. The number of aromatic nitrogens is 1. The monoisotopic (exact) mass is 428 g/mol. The number of para-hydroxylation sites is 1. The van der Waals surface area contributed by atoms with Crippen LogP contribution in [0.15, 0.2) is 84.0 Å². The fourth-order valence-corrected chi connectivity index (χ4v) is 4.86. The Kier molecular flexibility index (Phi) is 4.87. The van der Waals surface area contributed by atoms with E-state index in [0.717, 1.165) is 33.3 Å². The largest absolute Gasteiger partial charge is 0.468 e. The van der Waals surface area contributed by atoms with Gasteiger partial charge in [0.05, 0.1) is 12.8 Å². The second-order valence-electron chi connectivity index (χ2n) is 7.81. The summed E-state index contributed by atoms with van der Waals surface area (Å²) >= 11 is 6.36. The summed E-state index contributed by atoms with van der Waals surface area (Å²) in [5.74, 6) is -0.574. The number of nitrogens with zero attached hydrogens (tertiary/aromatic N) is 1. The summed E-state index contributed by atoms with van der Waals surface area (Å²) in [6, 6.07) is 23.8. The molecule has 31 heavy (non-hydrogen) atoms. The lowest BCUT2D eigenvalue weighted by Crippen LogP contribution is -2.43. The molecule has 3 aromatic carbocycles. The molecule has 2 atom stereocenters. The van der Waals surface area contributed by atoms with Crippen molar-refractivity contribution in [2.45, 2.75) is 17.8 Å². The number of nitrogens with one attached hydrogen (secondary N) is 1. The summed E-state index contributed by atoms with van der Waals surface area (Å²) in [5, 5.41) is 1.71. The van der Waals surface area contributed by atoms with Gasteiger partial charge in [0.25, 0.3) is 0 Å². The van der Waals surface area contributed by atoms with Gasteiger partial charge in [0.15, 0.2) is 0 Å². The molecular formula is C26H21ClN2O2. The van der Waals surface area contributed by atoms with Crippen LogP contribution in [0.1, 0.15) is 22.6 Å². The number of ether oxygens (including phenoxy) is 1. The minimum absolute atomic E-state index is 0.233. The first kappa shape index (κ1) is 19.6. The predicted molar refractivity (Wildman–Crippen MR) is 124 cm³/mol. The molecule has 1 aromatic heterocycles. The number of benzene rings is 3. The zero-order chi connectivity index (χ0) is 21.4. The Morgan fingerprint density at radius 1 is 1.10 bits per heavy atom. The second kappa shape index (κ2) is 7.71.